The third-order valence-electron chi connectivity index (χ3n) is 3.21. The third-order valence-corrected chi connectivity index (χ3v) is 4.87. The van der Waals surface area contributed by atoms with Crippen molar-refractivity contribution in [2.45, 2.75) is 35.2 Å². The molecule has 16 heavy (non-hydrogen) atoms. The van der Waals surface area contributed by atoms with E-state index in [2.05, 4.69) is 22.6 Å². The second-order valence-electron chi connectivity index (χ2n) is 4.33. The fourth-order valence-corrected chi connectivity index (χ4v) is 3.24. The van der Waals surface area contributed by atoms with Crippen molar-refractivity contribution in [2.75, 3.05) is 0 Å². The number of carbonyl (C=O) groups is 1. The molecule has 0 spiro atoms. The van der Waals surface area contributed by atoms with E-state index in [0.717, 1.165) is 19.3 Å². The lowest BCUT2D eigenvalue weighted by atomic mass is 9.79. The summed E-state index contributed by atoms with van der Waals surface area (Å²) in [4.78, 5) is 12.3. The monoisotopic (exact) mass is 330 g/mol. The molecule has 0 saturated heterocycles. The van der Waals surface area contributed by atoms with Crippen LogP contribution in [0.3, 0.4) is 0 Å². The SMILES string of the molecule is O=C(c1ccccc1)C1(O)CCCCC1I. The predicted molar refractivity (Wildman–Crippen MR) is 72.0 cm³/mol. The Morgan fingerprint density at radius 3 is 2.62 bits per heavy atom. The van der Waals surface area contributed by atoms with Crippen molar-refractivity contribution in [2.24, 2.45) is 0 Å². The maximum Gasteiger partial charge on any atom is 0.195 e. The van der Waals surface area contributed by atoms with E-state index in [4.69, 9.17) is 0 Å². The van der Waals surface area contributed by atoms with Crippen LogP contribution in [-0.2, 0) is 0 Å². The fourth-order valence-electron chi connectivity index (χ4n) is 2.21. The Morgan fingerprint density at radius 2 is 2.00 bits per heavy atom. The van der Waals surface area contributed by atoms with Crippen molar-refractivity contribution in [1.29, 1.82) is 0 Å². The number of benzene rings is 1. The lowest BCUT2D eigenvalue weighted by Crippen LogP contribution is -2.48. The molecule has 1 N–H and O–H groups in total. The van der Waals surface area contributed by atoms with E-state index in [1.807, 2.05) is 18.2 Å². The summed E-state index contributed by atoms with van der Waals surface area (Å²) >= 11 is 2.21. The van der Waals surface area contributed by atoms with Gasteiger partial charge in [0.2, 0.25) is 0 Å². The summed E-state index contributed by atoms with van der Waals surface area (Å²) in [5, 5.41) is 10.5. The van der Waals surface area contributed by atoms with E-state index in [1.165, 1.54) is 0 Å². The Kier molecular flexibility index (Phi) is 3.64. The number of halogens is 1. The van der Waals surface area contributed by atoms with Gasteiger partial charge in [-0.05, 0) is 12.8 Å². The van der Waals surface area contributed by atoms with Crippen molar-refractivity contribution < 1.29 is 9.90 Å². The zero-order chi connectivity index (χ0) is 11.6. The first kappa shape index (κ1) is 12.0. The Hall–Kier alpha value is -0.420. The smallest absolute Gasteiger partial charge is 0.195 e. The van der Waals surface area contributed by atoms with E-state index < -0.39 is 5.60 Å². The number of hydrogen-bond donors (Lipinski definition) is 1. The highest BCUT2D eigenvalue weighted by atomic mass is 127. The highest BCUT2D eigenvalue weighted by Crippen LogP contribution is 2.36. The maximum absolute atomic E-state index is 12.3. The minimum atomic E-state index is -1.15. The van der Waals surface area contributed by atoms with Crippen LogP contribution in [0, 0.1) is 0 Å². The first-order valence-corrected chi connectivity index (χ1v) is 6.85. The third kappa shape index (κ3) is 2.15. The van der Waals surface area contributed by atoms with Gasteiger partial charge in [0.25, 0.3) is 0 Å². The van der Waals surface area contributed by atoms with E-state index in [1.54, 1.807) is 12.1 Å². The first-order chi connectivity index (χ1) is 7.64. The molecule has 1 fully saturated rings. The van der Waals surface area contributed by atoms with Gasteiger partial charge in [0.05, 0.1) is 0 Å². The number of carbonyl (C=O) groups excluding carboxylic acids is 1. The normalized spacial score (nSPS) is 30.0. The van der Waals surface area contributed by atoms with Gasteiger partial charge < -0.3 is 5.11 Å². The quantitative estimate of drug-likeness (QED) is 0.514. The minimum Gasteiger partial charge on any atom is -0.381 e. The molecule has 2 atom stereocenters. The summed E-state index contributed by atoms with van der Waals surface area (Å²) in [5.74, 6) is -0.118. The summed E-state index contributed by atoms with van der Waals surface area (Å²) in [6, 6.07) is 9.10. The predicted octanol–water partition coefficient (Wildman–Crippen LogP) is 2.98. The number of aliphatic hydroxyl groups is 1. The zero-order valence-corrected chi connectivity index (χ0v) is 11.2. The van der Waals surface area contributed by atoms with E-state index >= 15 is 0 Å². The van der Waals surface area contributed by atoms with Crippen LogP contribution >= 0.6 is 22.6 Å². The van der Waals surface area contributed by atoms with Crippen LogP contribution in [0.1, 0.15) is 36.0 Å². The fraction of sp³-hybridized carbons (Fsp3) is 0.462. The molecule has 1 aromatic rings. The highest BCUT2D eigenvalue weighted by molar-refractivity contribution is 14.1. The van der Waals surface area contributed by atoms with Crippen molar-refractivity contribution >= 4 is 28.4 Å². The average molecular weight is 330 g/mol. The molecule has 0 aromatic heterocycles. The van der Waals surface area contributed by atoms with Gasteiger partial charge in [-0.15, -0.1) is 0 Å². The van der Waals surface area contributed by atoms with Crippen LogP contribution in [-0.4, -0.2) is 20.4 Å². The van der Waals surface area contributed by atoms with Gasteiger partial charge in [0, 0.05) is 9.49 Å². The van der Waals surface area contributed by atoms with Gasteiger partial charge in [0.15, 0.2) is 5.78 Å². The Bertz CT molecular complexity index is 377. The van der Waals surface area contributed by atoms with Crippen LogP contribution in [0.4, 0.5) is 0 Å². The molecule has 0 heterocycles. The first-order valence-electron chi connectivity index (χ1n) is 5.61. The second kappa shape index (κ2) is 4.84. The number of Topliss-reactive ketones (excluding diaryl/α,β-unsaturated/α-hetero) is 1. The Labute approximate surface area is 109 Å². The summed E-state index contributed by atoms with van der Waals surface area (Å²) in [6.45, 7) is 0. The topological polar surface area (TPSA) is 37.3 Å². The molecule has 0 radical (unpaired) electrons. The van der Waals surface area contributed by atoms with Gasteiger partial charge >= 0.3 is 0 Å². The molecule has 1 aromatic carbocycles. The van der Waals surface area contributed by atoms with Gasteiger partial charge in [-0.25, -0.2) is 0 Å². The van der Waals surface area contributed by atoms with Crippen LogP contribution in [0.25, 0.3) is 0 Å². The van der Waals surface area contributed by atoms with Gasteiger partial charge in [0.1, 0.15) is 5.60 Å². The zero-order valence-electron chi connectivity index (χ0n) is 9.03. The lowest BCUT2D eigenvalue weighted by Gasteiger charge is -2.35. The molecule has 3 heteroatoms. The van der Waals surface area contributed by atoms with Crippen LogP contribution in [0.2, 0.25) is 0 Å². The molecule has 2 rings (SSSR count). The molecular weight excluding hydrogens is 315 g/mol. The molecule has 1 aliphatic carbocycles. The molecule has 2 nitrogen and oxygen atoms in total. The Morgan fingerprint density at radius 1 is 1.31 bits per heavy atom. The minimum absolute atomic E-state index is 0.0338. The number of rotatable bonds is 2. The number of ketones is 1. The second-order valence-corrected chi connectivity index (χ2v) is 5.84. The van der Waals surface area contributed by atoms with Crippen molar-refractivity contribution in [3.8, 4) is 0 Å². The van der Waals surface area contributed by atoms with Gasteiger partial charge in [-0.1, -0.05) is 65.8 Å². The van der Waals surface area contributed by atoms with E-state index in [-0.39, 0.29) is 9.71 Å². The standard InChI is InChI=1S/C13H15IO2/c14-11-8-4-5-9-13(11,16)12(15)10-6-2-1-3-7-10/h1-3,6-7,11,16H,4-5,8-9H2. The van der Waals surface area contributed by atoms with Crippen LogP contribution in [0.5, 0.6) is 0 Å². The van der Waals surface area contributed by atoms with Gasteiger partial charge in [-0.2, -0.15) is 0 Å². The summed E-state index contributed by atoms with van der Waals surface area (Å²) < 4.78 is 0.0338. The molecule has 0 aliphatic heterocycles. The molecule has 0 bridgehead atoms. The van der Waals surface area contributed by atoms with Crippen LogP contribution < -0.4 is 0 Å². The highest BCUT2D eigenvalue weighted by Gasteiger charge is 2.44. The summed E-state index contributed by atoms with van der Waals surface area (Å²) in [6.07, 6.45) is 3.57. The van der Waals surface area contributed by atoms with Crippen LogP contribution in [0.15, 0.2) is 30.3 Å². The molecule has 86 valence electrons. The molecule has 1 saturated carbocycles. The lowest BCUT2D eigenvalue weighted by molar-refractivity contribution is 0.0185. The molecule has 1 aliphatic rings. The summed E-state index contributed by atoms with van der Waals surface area (Å²) in [7, 11) is 0. The van der Waals surface area contributed by atoms with E-state index in [0.29, 0.717) is 12.0 Å². The Balaban J connectivity index is 2.26. The molecule has 2 unspecified atom stereocenters. The molecular formula is C13H15IO2. The molecule has 0 amide bonds. The van der Waals surface area contributed by atoms with Crippen molar-refractivity contribution in [1.82, 2.24) is 0 Å². The summed E-state index contributed by atoms with van der Waals surface area (Å²) in [5.41, 5.74) is -0.534. The number of hydrogen-bond acceptors (Lipinski definition) is 2. The largest absolute Gasteiger partial charge is 0.381 e. The van der Waals surface area contributed by atoms with E-state index in [9.17, 15) is 9.90 Å². The van der Waals surface area contributed by atoms with Crippen molar-refractivity contribution in [3.63, 3.8) is 0 Å². The maximum atomic E-state index is 12.3. The van der Waals surface area contributed by atoms with Crippen molar-refractivity contribution in [3.05, 3.63) is 35.9 Å². The van der Waals surface area contributed by atoms with Gasteiger partial charge in [-0.3, -0.25) is 4.79 Å². The average Bonchev–Trinajstić information content (AvgIpc) is 2.33. The number of alkyl halides is 1.